The Bertz CT molecular complexity index is 920. The second kappa shape index (κ2) is 7.69. The fraction of sp³-hybridized carbons (Fsp3) is 0.235. The Labute approximate surface area is 153 Å². The van der Waals surface area contributed by atoms with Gasteiger partial charge in [0, 0.05) is 16.9 Å². The van der Waals surface area contributed by atoms with Gasteiger partial charge in [-0.15, -0.1) is 5.10 Å². The third-order valence-electron chi connectivity index (χ3n) is 3.73. The molecule has 0 N–H and O–H groups in total. The SMILES string of the molecule is COc1ccc(OC)c(-n2nnnc2SC(C)c2cc(F)ccc2F)c1. The maximum Gasteiger partial charge on any atom is 0.214 e. The minimum Gasteiger partial charge on any atom is -0.497 e. The highest BCUT2D eigenvalue weighted by Gasteiger charge is 2.20. The Balaban J connectivity index is 1.96. The van der Waals surface area contributed by atoms with Crippen LogP contribution in [0.2, 0.25) is 0 Å². The molecular weight excluding hydrogens is 362 g/mol. The molecule has 0 saturated carbocycles. The maximum absolute atomic E-state index is 14.0. The first kappa shape index (κ1) is 18.1. The Hall–Kier alpha value is -2.68. The summed E-state index contributed by atoms with van der Waals surface area (Å²) >= 11 is 1.20. The van der Waals surface area contributed by atoms with Crippen molar-refractivity contribution in [3.8, 4) is 17.2 Å². The lowest BCUT2D eigenvalue weighted by molar-refractivity contribution is 0.399. The quantitative estimate of drug-likeness (QED) is 0.608. The van der Waals surface area contributed by atoms with Gasteiger partial charge in [-0.05, 0) is 47.7 Å². The van der Waals surface area contributed by atoms with Gasteiger partial charge in [0.2, 0.25) is 5.16 Å². The van der Waals surface area contributed by atoms with Crippen molar-refractivity contribution in [2.75, 3.05) is 14.2 Å². The van der Waals surface area contributed by atoms with Gasteiger partial charge >= 0.3 is 0 Å². The second-order valence-electron chi connectivity index (χ2n) is 5.34. The minimum absolute atomic E-state index is 0.238. The average molecular weight is 378 g/mol. The summed E-state index contributed by atoms with van der Waals surface area (Å²) in [4.78, 5) is 0. The molecule has 0 aliphatic carbocycles. The summed E-state index contributed by atoms with van der Waals surface area (Å²) < 4.78 is 39.5. The van der Waals surface area contributed by atoms with Crippen LogP contribution in [0.4, 0.5) is 8.78 Å². The lowest BCUT2D eigenvalue weighted by Gasteiger charge is -2.14. The van der Waals surface area contributed by atoms with E-state index in [4.69, 9.17) is 9.47 Å². The van der Waals surface area contributed by atoms with Crippen LogP contribution in [0.25, 0.3) is 5.69 Å². The number of ether oxygens (including phenoxy) is 2. The standard InChI is InChI=1S/C17H16F2N4O2S/c1-10(13-8-11(18)4-6-14(13)19)26-17-20-21-22-23(17)15-9-12(24-2)5-7-16(15)25-3/h4-10H,1-3H3. The molecule has 26 heavy (non-hydrogen) atoms. The Morgan fingerprint density at radius 1 is 1.08 bits per heavy atom. The van der Waals surface area contributed by atoms with Gasteiger partial charge in [0.05, 0.1) is 14.2 Å². The summed E-state index contributed by atoms with van der Waals surface area (Å²) in [6.07, 6.45) is 0. The number of nitrogens with zero attached hydrogens (tertiary/aromatic N) is 4. The molecule has 0 bridgehead atoms. The van der Waals surface area contributed by atoms with Gasteiger partial charge in [0.15, 0.2) is 0 Å². The van der Waals surface area contributed by atoms with Crippen LogP contribution in [0.3, 0.4) is 0 Å². The lowest BCUT2D eigenvalue weighted by atomic mass is 10.1. The van der Waals surface area contributed by atoms with Crippen LogP contribution in [-0.2, 0) is 0 Å². The van der Waals surface area contributed by atoms with Crippen molar-refractivity contribution in [1.29, 1.82) is 0 Å². The molecular formula is C17H16F2N4O2S. The number of thioether (sulfide) groups is 1. The number of halogens is 2. The van der Waals surface area contributed by atoms with E-state index in [1.807, 2.05) is 0 Å². The van der Waals surface area contributed by atoms with E-state index >= 15 is 0 Å². The van der Waals surface area contributed by atoms with Crippen molar-refractivity contribution in [1.82, 2.24) is 20.2 Å². The monoisotopic (exact) mass is 378 g/mol. The Kier molecular flexibility index (Phi) is 5.36. The third kappa shape index (κ3) is 3.62. The lowest BCUT2D eigenvalue weighted by Crippen LogP contribution is -2.04. The van der Waals surface area contributed by atoms with Crippen molar-refractivity contribution in [2.45, 2.75) is 17.3 Å². The van der Waals surface area contributed by atoms with Gasteiger partial charge in [-0.3, -0.25) is 0 Å². The van der Waals surface area contributed by atoms with Gasteiger partial charge in [0.25, 0.3) is 0 Å². The summed E-state index contributed by atoms with van der Waals surface area (Å²) in [5, 5.41) is 11.7. The number of methoxy groups -OCH3 is 2. The van der Waals surface area contributed by atoms with E-state index in [1.165, 1.54) is 29.6 Å². The predicted molar refractivity (Wildman–Crippen MR) is 92.9 cm³/mol. The number of hydrogen-bond acceptors (Lipinski definition) is 6. The molecule has 0 fully saturated rings. The van der Waals surface area contributed by atoms with Crippen LogP contribution in [0.15, 0.2) is 41.6 Å². The number of rotatable bonds is 6. The van der Waals surface area contributed by atoms with Crippen LogP contribution in [0, 0.1) is 11.6 Å². The topological polar surface area (TPSA) is 62.1 Å². The van der Waals surface area contributed by atoms with Crippen molar-refractivity contribution in [2.24, 2.45) is 0 Å². The second-order valence-corrected chi connectivity index (χ2v) is 6.64. The van der Waals surface area contributed by atoms with E-state index < -0.39 is 16.9 Å². The normalized spacial score (nSPS) is 12.0. The molecule has 1 heterocycles. The zero-order valence-electron chi connectivity index (χ0n) is 14.3. The molecule has 0 amide bonds. The van der Waals surface area contributed by atoms with Gasteiger partial charge in [-0.2, -0.15) is 4.68 Å². The van der Waals surface area contributed by atoms with Crippen LogP contribution in [-0.4, -0.2) is 34.4 Å². The molecule has 1 aromatic heterocycles. The Morgan fingerprint density at radius 2 is 1.88 bits per heavy atom. The van der Waals surface area contributed by atoms with Crippen LogP contribution in [0.5, 0.6) is 11.5 Å². The van der Waals surface area contributed by atoms with E-state index in [0.29, 0.717) is 22.3 Å². The zero-order valence-corrected chi connectivity index (χ0v) is 15.1. The van der Waals surface area contributed by atoms with E-state index in [-0.39, 0.29) is 5.56 Å². The molecule has 9 heteroatoms. The minimum atomic E-state index is -0.497. The molecule has 2 aromatic carbocycles. The third-order valence-corrected chi connectivity index (χ3v) is 4.81. The summed E-state index contributed by atoms with van der Waals surface area (Å²) in [6, 6.07) is 8.58. The molecule has 6 nitrogen and oxygen atoms in total. The van der Waals surface area contributed by atoms with Gasteiger partial charge in [-0.1, -0.05) is 11.8 Å². The van der Waals surface area contributed by atoms with Gasteiger partial charge in [-0.25, -0.2) is 8.78 Å². The maximum atomic E-state index is 14.0. The van der Waals surface area contributed by atoms with Crippen molar-refractivity contribution in [3.63, 3.8) is 0 Å². The summed E-state index contributed by atoms with van der Waals surface area (Å²) in [7, 11) is 3.09. The van der Waals surface area contributed by atoms with E-state index in [0.717, 1.165) is 12.1 Å². The molecule has 3 rings (SSSR count). The van der Waals surface area contributed by atoms with Gasteiger partial charge < -0.3 is 9.47 Å². The predicted octanol–water partition coefficient (Wildman–Crippen LogP) is 3.81. The van der Waals surface area contributed by atoms with E-state index in [9.17, 15) is 8.78 Å². The van der Waals surface area contributed by atoms with E-state index in [1.54, 1.807) is 32.2 Å². The molecule has 3 aromatic rings. The highest BCUT2D eigenvalue weighted by molar-refractivity contribution is 7.99. The number of aromatic nitrogens is 4. The van der Waals surface area contributed by atoms with Gasteiger partial charge in [0.1, 0.15) is 28.8 Å². The molecule has 1 atom stereocenters. The smallest absolute Gasteiger partial charge is 0.214 e. The van der Waals surface area contributed by atoms with E-state index in [2.05, 4.69) is 15.5 Å². The van der Waals surface area contributed by atoms with Crippen LogP contribution >= 0.6 is 11.8 Å². The first-order valence-corrected chi connectivity index (χ1v) is 8.54. The summed E-state index contributed by atoms with van der Waals surface area (Å²) in [5.41, 5.74) is 0.813. The van der Waals surface area contributed by atoms with Crippen molar-refractivity contribution >= 4 is 11.8 Å². The zero-order chi connectivity index (χ0) is 18.7. The molecule has 0 aliphatic heterocycles. The highest BCUT2D eigenvalue weighted by Crippen LogP contribution is 2.37. The van der Waals surface area contributed by atoms with Crippen LogP contribution in [0.1, 0.15) is 17.7 Å². The molecule has 0 saturated heterocycles. The molecule has 0 aliphatic rings. The molecule has 0 radical (unpaired) electrons. The number of hydrogen-bond donors (Lipinski definition) is 0. The number of tetrazole rings is 1. The fourth-order valence-corrected chi connectivity index (χ4v) is 3.36. The summed E-state index contributed by atoms with van der Waals surface area (Å²) in [5.74, 6) is 0.174. The van der Waals surface area contributed by atoms with Crippen molar-refractivity contribution in [3.05, 3.63) is 53.6 Å². The number of benzene rings is 2. The first-order valence-electron chi connectivity index (χ1n) is 7.66. The molecule has 0 spiro atoms. The largest absolute Gasteiger partial charge is 0.497 e. The molecule has 1 unspecified atom stereocenters. The summed E-state index contributed by atoms with van der Waals surface area (Å²) in [6.45, 7) is 1.75. The van der Waals surface area contributed by atoms with Crippen molar-refractivity contribution < 1.29 is 18.3 Å². The van der Waals surface area contributed by atoms with Crippen LogP contribution < -0.4 is 9.47 Å². The first-order chi connectivity index (χ1) is 12.5. The fourth-order valence-electron chi connectivity index (χ4n) is 2.41. The highest BCUT2D eigenvalue weighted by atomic mass is 32.2. The Morgan fingerprint density at radius 3 is 2.62 bits per heavy atom. The molecule has 136 valence electrons. The average Bonchev–Trinajstić information content (AvgIpc) is 3.10.